The Balaban J connectivity index is 2.09. The second kappa shape index (κ2) is 5.76. The van der Waals surface area contributed by atoms with Crippen LogP contribution in [0.15, 0.2) is 48.5 Å². The summed E-state index contributed by atoms with van der Waals surface area (Å²) >= 11 is 11.7. The van der Waals surface area contributed by atoms with E-state index in [2.05, 4.69) is 5.32 Å². The summed E-state index contributed by atoms with van der Waals surface area (Å²) < 4.78 is 27.8. The molecule has 0 aromatic heterocycles. The molecule has 19 heavy (non-hydrogen) atoms. The highest BCUT2D eigenvalue weighted by atomic mass is 35.5. The Morgan fingerprint density at radius 2 is 1.68 bits per heavy atom. The van der Waals surface area contributed by atoms with Crippen LogP contribution in [0.25, 0.3) is 0 Å². The number of anilines is 1. The Hall–Kier alpha value is -1.32. The van der Waals surface area contributed by atoms with Gasteiger partial charge in [-0.25, -0.2) is 0 Å². The van der Waals surface area contributed by atoms with Gasteiger partial charge in [0.2, 0.25) is 0 Å². The van der Waals surface area contributed by atoms with E-state index in [0.29, 0.717) is 15.7 Å². The molecule has 0 atom stereocenters. The molecule has 0 aliphatic heterocycles. The minimum Gasteiger partial charge on any atom is -0.377 e. The summed E-state index contributed by atoms with van der Waals surface area (Å²) in [7, 11) is 0. The molecule has 0 spiro atoms. The van der Waals surface area contributed by atoms with Gasteiger partial charge >= 0.3 is 0 Å². The van der Waals surface area contributed by atoms with Gasteiger partial charge < -0.3 is 5.32 Å². The second-order valence-corrected chi connectivity index (χ2v) is 4.89. The summed E-state index contributed by atoms with van der Waals surface area (Å²) in [4.78, 5) is 0. The number of benzene rings is 2. The van der Waals surface area contributed by atoms with Crippen LogP contribution in [0.1, 0.15) is 5.56 Å². The van der Waals surface area contributed by atoms with Crippen molar-refractivity contribution in [1.29, 1.82) is 0 Å². The smallest absolute Gasteiger partial charge is 0.290 e. The lowest BCUT2D eigenvalue weighted by atomic mass is 10.1. The van der Waals surface area contributed by atoms with Crippen LogP contribution in [0, 0.1) is 0 Å². The molecule has 0 aliphatic rings. The van der Waals surface area contributed by atoms with Gasteiger partial charge in [-0.3, -0.25) is 0 Å². The molecule has 2 rings (SSSR count). The molecule has 0 bridgehead atoms. The largest absolute Gasteiger partial charge is 0.377 e. The van der Waals surface area contributed by atoms with Gasteiger partial charge in [0.1, 0.15) is 0 Å². The summed E-state index contributed by atoms with van der Waals surface area (Å²) in [6.07, 6.45) is 0. The minimum atomic E-state index is -2.97. The highest BCUT2D eigenvalue weighted by molar-refractivity contribution is 6.36. The fourth-order valence-corrected chi connectivity index (χ4v) is 2.10. The van der Waals surface area contributed by atoms with Crippen LogP contribution < -0.4 is 5.32 Å². The number of halogens is 4. The highest BCUT2D eigenvalue weighted by Gasteiger charge is 2.31. The molecule has 0 aliphatic carbocycles. The topological polar surface area (TPSA) is 12.0 Å². The zero-order chi connectivity index (χ0) is 13.9. The maximum atomic E-state index is 13.9. The van der Waals surface area contributed by atoms with Crippen molar-refractivity contribution in [2.45, 2.75) is 5.92 Å². The zero-order valence-corrected chi connectivity index (χ0v) is 11.3. The first-order valence-electron chi connectivity index (χ1n) is 5.61. The summed E-state index contributed by atoms with van der Waals surface area (Å²) in [5, 5.41) is 3.42. The quantitative estimate of drug-likeness (QED) is 0.818. The molecule has 0 heterocycles. The highest BCUT2D eigenvalue weighted by Crippen LogP contribution is 2.30. The van der Waals surface area contributed by atoms with E-state index in [1.54, 1.807) is 30.3 Å². The van der Waals surface area contributed by atoms with Gasteiger partial charge in [-0.05, 0) is 18.2 Å². The first-order chi connectivity index (χ1) is 8.99. The fourth-order valence-electron chi connectivity index (χ4n) is 1.62. The maximum Gasteiger partial charge on any atom is 0.290 e. The summed E-state index contributed by atoms with van der Waals surface area (Å²) in [5.74, 6) is -2.97. The Kier molecular flexibility index (Phi) is 4.27. The predicted molar refractivity (Wildman–Crippen MR) is 75.3 cm³/mol. The monoisotopic (exact) mass is 301 g/mol. The summed E-state index contributed by atoms with van der Waals surface area (Å²) in [6.45, 7) is -0.529. The van der Waals surface area contributed by atoms with Crippen molar-refractivity contribution in [3.05, 3.63) is 64.1 Å². The molecular formula is C14H11Cl2F2N. The number of hydrogen-bond acceptors (Lipinski definition) is 1. The van der Waals surface area contributed by atoms with E-state index in [1.807, 2.05) is 0 Å². The van der Waals surface area contributed by atoms with Crippen molar-refractivity contribution in [3.8, 4) is 0 Å². The van der Waals surface area contributed by atoms with Crippen LogP contribution in [0.5, 0.6) is 0 Å². The van der Waals surface area contributed by atoms with Gasteiger partial charge in [0.25, 0.3) is 5.92 Å². The summed E-state index contributed by atoms with van der Waals surface area (Å²) in [6, 6.07) is 12.3. The normalized spacial score (nSPS) is 11.4. The van der Waals surface area contributed by atoms with Gasteiger partial charge in [0.05, 0.1) is 17.3 Å². The lowest BCUT2D eigenvalue weighted by Gasteiger charge is -2.18. The molecule has 0 saturated carbocycles. The van der Waals surface area contributed by atoms with E-state index in [4.69, 9.17) is 23.2 Å². The number of rotatable bonds is 4. The number of alkyl halides is 2. The Bertz CT molecular complexity index is 559. The second-order valence-electron chi connectivity index (χ2n) is 4.05. The number of hydrogen-bond donors (Lipinski definition) is 1. The molecular weight excluding hydrogens is 291 g/mol. The maximum absolute atomic E-state index is 13.9. The van der Waals surface area contributed by atoms with E-state index in [9.17, 15) is 8.78 Å². The van der Waals surface area contributed by atoms with Crippen molar-refractivity contribution < 1.29 is 8.78 Å². The average molecular weight is 302 g/mol. The summed E-state index contributed by atoms with van der Waals surface area (Å²) in [5.41, 5.74) is 0.397. The van der Waals surface area contributed by atoms with Crippen molar-refractivity contribution in [2.75, 3.05) is 11.9 Å². The van der Waals surface area contributed by atoms with Gasteiger partial charge in [-0.2, -0.15) is 8.78 Å². The molecule has 1 nitrogen and oxygen atoms in total. The standard InChI is InChI=1S/C14H11Cl2F2N/c15-11-6-7-13(12(16)8-11)19-9-14(17,18)10-4-2-1-3-5-10/h1-8,19H,9H2. The van der Waals surface area contributed by atoms with Gasteiger partial charge in [-0.15, -0.1) is 0 Å². The fraction of sp³-hybridized carbons (Fsp3) is 0.143. The average Bonchev–Trinajstić information content (AvgIpc) is 2.39. The molecule has 0 radical (unpaired) electrons. The molecule has 0 unspecified atom stereocenters. The molecule has 0 amide bonds. The van der Waals surface area contributed by atoms with E-state index in [0.717, 1.165) is 0 Å². The molecule has 100 valence electrons. The van der Waals surface area contributed by atoms with Crippen LogP contribution in [0.4, 0.5) is 14.5 Å². The molecule has 2 aromatic rings. The van der Waals surface area contributed by atoms with E-state index < -0.39 is 12.5 Å². The number of nitrogens with one attached hydrogen (secondary N) is 1. The first-order valence-corrected chi connectivity index (χ1v) is 6.37. The van der Waals surface area contributed by atoms with Gasteiger partial charge in [-0.1, -0.05) is 53.5 Å². The van der Waals surface area contributed by atoms with Crippen LogP contribution >= 0.6 is 23.2 Å². The van der Waals surface area contributed by atoms with E-state index >= 15 is 0 Å². The SMILES string of the molecule is FC(F)(CNc1ccc(Cl)cc1Cl)c1ccccc1. The third kappa shape index (κ3) is 3.58. The van der Waals surface area contributed by atoms with Crippen molar-refractivity contribution >= 4 is 28.9 Å². The van der Waals surface area contributed by atoms with Crippen LogP contribution in [0.2, 0.25) is 10.0 Å². The minimum absolute atomic E-state index is 0.0346. The molecule has 1 N–H and O–H groups in total. The Morgan fingerprint density at radius 1 is 1.00 bits per heavy atom. The van der Waals surface area contributed by atoms with E-state index in [1.165, 1.54) is 18.2 Å². The third-order valence-corrected chi connectivity index (χ3v) is 3.18. The molecule has 5 heteroatoms. The first kappa shape index (κ1) is 14.1. The Morgan fingerprint density at radius 3 is 2.32 bits per heavy atom. The van der Waals surface area contributed by atoms with Crippen LogP contribution in [-0.2, 0) is 5.92 Å². The Labute approximate surface area is 120 Å². The van der Waals surface area contributed by atoms with Crippen LogP contribution in [-0.4, -0.2) is 6.54 Å². The van der Waals surface area contributed by atoms with Gasteiger partial charge in [0, 0.05) is 10.6 Å². The lowest BCUT2D eigenvalue weighted by Crippen LogP contribution is -2.24. The molecule has 0 saturated heterocycles. The van der Waals surface area contributed by atoms with Crippen molar-refractivity contribution in [1.82, 2.24) is 0 Å². The van der Waals surface area contributed by atoms with Gasteiger partial charge in [0.15, 0.2) is 0 Å². The van der Waals surface area contributed by atoms with Crippen LogP contribution in [0.3, 0.4) is 0 Å². The zero-order valence-electron chi connectivity index (χ0n) is 9.84. The van der Waals surface area contributed by atoms with Crippen molar-refractivity contribution in [3.63, 3.8) is 0 Å². The lowest BCUT2D eigenvalue weighted by molar-refractivity contribution is 0.0106. The third-order valence-electron chi connectivity index (χ3n) is 2.63. The predicted octanol–water partition coefficient (Wildman–Crippen LogP) is 5.20. The van der Waals surface area contributed by atoms with E-state index in [-0.39, 0.29) is 5.56 Å². The molecule has 2 aromatic carbocycles. The van der Waals surface area contributed by atoms with Crippen molar-refractivity contribution in [2.24, 2.45) is 0 Å². The molecule has 0 fully saturated rings.